The summed E-state index contributed by atoms with van der Waals surface area (Å²) in [4.78, 5) is 5.60. The molecule has 2 atom stereocenters. The molecule has 1 aliphatic heterocycles. The molecule has 1 aromatic heterocycles. The van der Waals surface area contributed by atoms with Crippen molar-refractivity contribution in [1.29, 1.82) is 0 Å². The quantitative estimate of drug-likeness (QED) is 0.257. The van der Waals surface area contributed by atoms with E-state index in [1.54, 1.807) is 17.1 Å². The molecule has 1 fully saturated rings. The molecule has 1 saturated heterocycles. The summed E-state index contributed by atoms with van der Waals surface area (Å²) in [7, 11) is 0. The number of halogens is 1. The molecule has 0 spiro atoms. The topological polar surface area (TPSA) is 68.6 Å². The van der Waals surface area contributed by atoms with Crippen molar-refractivity contribution in [3.63, 3.8) is 0 Å². The van der Waals surface area contributed by atoms with Gasteiger partial charge in [-0.05, 0) is 39.0 Å². The Kier molecular flexibility index (Phi) is 7.75. The number of rotatable bonds is 6. The molecule has 124 valence electrons. The van der Waals surface area contributed by atoms with E-state index in [4.69, 9.17) is 4.52 Å². The monoisotopic (exact) mass is 346 g/mol. The van der Waals surface area contributed by atoms with Crippen LogP contribution in [-0.2, 0) is 0 Å². The maximum atomic E-state index is 11.7. The van der Waals surface area contributed by atoms with Crippen molar-refractivity contribution in [3.8, 4) is 0 Å². The Bertz CT molecular complexity index is 499. The molecule has 0 bridgehead atoms. The predicted octanol–water partition coefficient (Wildman–Crippen LogP) is 1.59. The number of piperidine rings is 1. The largest absolute Gasteiger partial charge is 0.861 e. The molecule has 1 aromatic rings. The average Bonchev–Trinajstić information content (AvgIpc) is 2.87. The van der Waals surface area contributed by atoms with Crippen molar-refractivity contribution >= 4 is 36.0 Å². The molecule has 1 aliphatic rings. The minimum absolute atomic E-state index is 0. The van der Waals surface area contributed by atoms with Crippen molar-refractivity contribution in [2.75, 3.05) is 16.5 Å². The Labute approximate surface area is 141 Å². The molecule has 0 aliphatic carbocycles. The molecule has 2 unspecified atom stereocenters. The van der Waals surface area contributed by atoms with Crippen LogP contribution < -0.4 is 14.9 Å². The molecule has 6 nitrogen and oxygen atoms in total. The second kappa shape index (κ2) is 9.05. The summed E-state index contributed by atoms with van der Waals surface area (Å²) in [5.41, 5.74) is 0. The van der Waals surface area contributed by atoms with Gasteiger partial charge < -0.3 is 5.11 Å². The van der Waals surface area contributed by atoms with E-state index in [2.05, 4.69) is 35.7 Å². The van der Waals surface area contributed by atoms with Gasteiger partial charge in [0.1, 0.15) is 0 Å². The predicted molar refractivity (Wildman–Crippen MR) is 89.6 cm³/mol. The Morgan fingerprint density at radius 2 is 2.27 bits per heavy atom. The van der Waals surface area contributed by atoms with E-state index >= 15 is 0 Å². The lowest BCUT2D eigenvalue weighted by Gasteiger charge is -2.31. The molecule has 8 heteroatoms. The molecule has 0 radical (unpaired) electrons. The summed E-state index contributed by atoms with van der Waals surface area (Å²) in [6.07, 6.45) is 6.93. The fourth-order valence-corrected chi connectivity index (χ4v) is 3.11. The van der Waals surface area contributed by atoms with Gasteiger partial charge in [-0.1, -0.05) is 6.08 Å². The number of thioether (sulfide) groups is 1. The molecule has 0 N–H and O–H groups in total. The van der Waals surface area contributed by atoms with E-state index in [9.17, 15) is 5.11 Å². The molecule has 2 rings (SSSR count). The maximum Gasteiger partial charge on any atom is 0.324 e. The van der Waals surface area contributed by atoms with E-state index < -0.39 is 0 Å². The van der Waals surface area contributed by atoms with Crippen molar-refractivity contribution in [1.82, 2.24) is 5.27 Å². The summed E-state index contributed by atoms with van der Waals surface area (Å²) in [5, 5.41) is 17.8. The fourth-order valence-electron chi connectivity index (χ4n) is 2.58. The molecule has 0 aromatic carbocycles. The van der Waals surface area contributed by atoms with Gasteiger partial charge in [-0.15, -0.1) is 24.0 Å². The lowest BCUT2D eigenvalue weighted by atomic mass is 10.00. The van der Waals surface area contributed by atoms with E-state index in [1.807, 2.05) is 0 Å². The SMILES string of the molecule is C=CCSCC([O-])=Nc1c[n+](N2C(C)CCCC2C)no1.Cl. The molecule has 22 heavy (non-hydrogen) atoms. The van der Waals surface area contributed by atoms with Crippen LogP contribution in [0.25, 0.3) is 0 Å². The zero-order valence-electron chi connectivity index (χ0n) is 13.0. The second-order valence-electron chi connectivity index (χ2n) is 5.28. The van der Waals surface area contributed by atoms with E-state index in [-0.39, 0.29) is 24.2 Å². The summed E-state index contributed by atoms with van der Waals surface area (Å²) < 4.78 is 5.15. The first-order valence-electron chi connectivity index (χ1n) is 7.22. The molecule has 0 amide bonds. The third-order valence-corrected chi connectivity index (χ3v) is 4.45. The molecular formula is C14H23ClN4O2S. The third kappa shape index (κ3) is 4.91. The zero-order valence-corrected chi connectivity index (χ0v) is 14.6. The van der Waals surface area contributed by atoms with E-state index in [1.165, 1.54) is 18.2 Å². The van der Waals surface area contributed by atoms with Gasteiger partial charge in [-0.3, -0.25) is 4.52 Å². The standard InChI is InChI=1S/C14H22N4O2S.ClH/c1-4-8-21-10-13(19)15-14-9-17(16-20-14)18-11(2)6-5-7-12(18)3;/h4,9,11-12H,1,5-8,10H2,2-3H3;1H. The van der Waals surface area contributed by atoms with Gasteiger partial charge in [0.15, 0.2) is 0 Å². The Morgan fingerprint density at radius 1 is 1.59 bits per heavy atom. The van der Waals surface area contributed by atoms with E-state index in [0.29, 0.717) is 17.8 Å². The lowest BCUT2D eigenvalue weighted by Crippen LogP contribution is -2.67. The smallest absolute Gasteiger partial charge is 0.324 e. The number of aromatic nitrogens is 2. The van der Waals surface area contributed by atoms with Crippen LogP contribution in [0.15, 0.2) is 28.4 Å². The average molecular weight is 347 g/mol. The lowest BCUT2D eigenvalue weighted by molar-refractivity contribution is -0.766. The van der Waals surface area contributed by atoms with Crippen LogP contribution in [0, 0.1) is 0 Å². The van der Waals surface area contributed by atoms with Crippen molar-refractivity contribution < 1.29 is 14.4 Å². The maximum absolute atomic E-state index is 11.7. The highest BCUT2D eigenvalue weighted by Crippen LogP contribution is 2.18. The van der Waals surface area contributed by atoms with Crippen molar-refractivity contribution in [2.24, 2.45) is 4.99 Å². The molecular weight excluding hydrogens is 324 g/mol. The van der Waals surface area contributed by atoms with Crippen LogP contribution in [0.4, 0.5) is 5.88 Å². The van der Waals surface area contributed by atoms with E-state index in [0.717, 1.165) is 18.6 Å². The van der Waals surface area contributed by atoms with Crippen LogP contribution in [0.2, 0.25) is 0 Å². The van der Waals surface area contributed by atoms with Crippen molar-refractivity contribution in [3.05, 3.63) is 18.9 Å². The highest BCUT2D eigenvalue weighted by atomic mass is 35.5. The minimum Gasteiger partial charge on any atom is -0.861 e. The number of aliphatic imine (C=N–C) groups is 1. The van der Waals surface area contributed by atoms with Gasteiger partial charge in [0.25, 0.3) is 6.20 Å². The summed E-state index contributed by atoms with van der Waals surface area (Å²) in [6.45, 7) is 7.95. The van der Waals surface area contributed by atoms with Crippen LogP contribution in [-0.4, -0.2) is 34.8 Å². The third-order valence-electron chi connectivity index (χ3n) is 3.52. The van der Waals surface area contributed by atoms with Gasteiger partial charge in [-0.2, -0.15) is 11.8 Å². The summed E-state index contributed by atoms with van der Waals surface area (Å²) in [6, 6.07) is 0.797. The zero-order chi connectivity index (χ0) is 15.2. The minimum atomic E-state index is -0.218. The van der Waals surface area contributed by atoms with Gasteiger partial charge in [0.2, 0.25) is 5.27 Å². The van der Waals surface area contributed by atoms with Gasteiger partial charge in [-0.25, -0.2) is 4.99 Å². The first-order valence-corrected chi connectivity index (χ1v) is 8.37. The Morgan fingerprint density at radius 3 is 2.91 bits per heavy atom. The van der Waals surface area contributed by atoms with Crippen LogP contribution in [0.5, 0.6) is 0 Å². The molecule has 0 saturated carbocycles. The highest BCUT2D eigenvalue weighted by molar-refractivity contribution is 8.00. The summed E-state index contributed by atoms with van der Waals surface area (Å²) >= 11 is 1.48. The Hall–Kier alpha value is -1.21. The number of nitrogens with zero attached hydrogens (tertiary/aromatic N) is 4. The Balaban J connectivity index is 0.00000242. The number of hydrogen-bond donors (Lipinski definition) is 0. The van der Waals surface area contributed by atoms with Gasteiger partial charge in [0.05, 0.1) is 16.9 Å². The van der Waals surface area contributed by atoms with Crippen molar-refractivity contribution in [2.45, 2.75) is 45.2 Å². The number of hydrogen-bond acceptors (Lipinski definition) is 6. The summed E-state index contributed by atoms with van der Waals surface area (Å²) in [5.74, 6) is 1.10. The molecule has 2 heterocycles. The second-order valence-corrected chi connectivity index (χ2v) is 6.31. The van der Waals surface area contributed by atoms with Crippen LogP contribution in [0.1, 0.15) is 33.1 Å². The van der Waals surface area contributed by atoms with Gasteiger partial charge >= 0.3 is 5.88 Å². The fraction of sp³-hybridized carbons (Fsp3) is 0.643. The van der Waals surface area contributed by atoms with Crippen LogP contribution >= 0.6 is 24.2 Å². The first-order chi connectivity index (χ1) is 10.1. The highest BCUT2D eigenvalue weighted by Gasteiger charge is 2.33. The normalized spacial score (nSPS) is 22.3. The van der Waals surface area contributed by atoms with Crippen LogP contribution in [0.3, 0.4) is 0 Å². The first kappa shape index (κ1) is 18.8. The van der Waals surface area contributed by atoms with Gasteiger partial charge in [0, 0.05) is 11.5 Å².